The van der Waals surface area contributed by atoms with Crippen molar-refractivity contribution in [2.45, 2.75) is 126 Å². The van der Waals surface area contributed by atoms with Crippen LogP contribution in [-0.2, 0) is 45.9 Å². The van der Waals surface area contributed by atoms with Crippen LogP contribution in [0, 0.1) is 12.0 Å². The predicted molar refractivity (Wildman–Crippen MR) is 223 cm³/mol. The molecule has 0 amide bonds. The van der Waals surface area contributed by atoms with Crippen molar-refractivity contribution >= 4 is 24.8 Å². The maximum Gasteiger partial charge on any atom is -0.0145 e. The van der Waals surface area contributed by atoms with Crippen LogP contribution in [0.1, 0.15) is 137 Å². The minimum Gasteiger partial charge on any atom is -1.00 e. The van der Waals surface area contributed by atoms with E-state index in [1.807, 2.05) is 0 Å². The Balaban J connectivity index is 0.000000295. The summed E-state index contributed by atoms with van der Waals surface area (Å²) in [7, 11) is 0. The molecule has 0 fully saturated rings. The van der Waals surface area contributed by atoms with Gasteiger partial charge in [-0.15, -0.1) is 46.7 Å². The fourth-order valence-electron chi connectivity index (χ4n) is 6.37. The van der Waals surface area contributed by atoms with E-state index in [0.29, 0.717) is 5.92 Å². The van der Waals surface area contributed by atoms with Crippen molar-refractivity contribution in [1.82, 2.24) is 0 Å². The van der Waals surface area contributed by atoms with Gasteiger partial charge in [-0.05, 0) is 10.8 Å². The van der Waals surface area contributed by atoms with Crippen LogP contribution in [0.5, 0.6) is 0 Å². The number of rotatable bonds is 2. The van der Waals surface area contributed by atoms with E-state index in [1.54, 1.807) is 0 Å². The first-order valence-corrected chi connectivity index (χ1v) is 19.9. The molecule has 0 radical (unpaired) electrons. The summed E-state index contributed by atoms with van der Waals surface area (Å²) in [5, 5.41) is 5.49. The van der Waals surface area contributed by atoms with Gasteiger partial charge in [0, 0.05) is 0 Å². The smallest absolute Gasteiger partial charge is 0.0145 e. The maximum absolute atomic E-state index is 3.29. The second-order valence-corrected chi connectivity index (χ2v) is 19.9. The average Bonchev–Trinajstić information content (AvgIpc) is 3.55. The van der Waals surface area contributed by atoms with Gasteiger partial charge in [-0.2, -0.15) is 6.08 Å². The zero-order valence-electron chi connectivity index (χ0n) is 35.1. The van der Waals surface area contributed by atoms with Crippen molar-refractivity contribution in [1.29, 1.82) is 0 Å². The Bertz CT molecular complexity index is 1890. The Morgan fingerprint density at radius 2 is 0.849 bits per heavy atom. The largest absolute Gasteiger partial charge is 1.00 e. The topological polar surface area (TPSA) is 0 Å². The Kier molecular flexibility index (Phi) is 15.9. The van der Waals surface area contributed by atoms with Crippen LogP contribution in [0.25, 0.3) is 21.5 Å². The van der Waals surface area contributed by atoms with Crippen molar-refractivity contribution < 1.29 is 49.0 Å². The van der Waals surface area contributed by atoms with Gasteiger partial charge >= 0.3 is 151 Å². The molecule has 0 aliphatic heterocycles. The van der Waals surface area contributed by atoms with Crippen LogP contribution in [0.2, 0.25) is 0 Å². The first kappa shape index (κ1) is 46.7. The van der Waals surface area contributed by atoms with E-state index >= 15 is 0 Å². The maximum atomic E-state index is 3.29. The van der Waals surface area contributed by atoms with E-state index in [2.05, 4.69) is 207 Å². The molecular weight excluding hydrogens is 763 g/mol. The van der Waals surface area contributed by atoms with Gasteiger partial charge in [-0.1, -0.05) is 96.7 Å². The molecule has 5 aromatic carbocycles. The summed E-state index contributed by atoms with van der Waals surface area (Å²) in [6.07, 6.45) is 5.52. The summed E-state index contributed by atoms with van der Waals surface area (Å²) in [6.45, 7) is 33.6. The van der Waals surface area contributed by atoms with E-state index in [0.717, 1.165) is 0 Å². The van der Waals surface area contributed by atoms with E-state index in [-0.39, 0.29) is 46.5 Å². The molecule has 1 aliphatic carbocycles. The summed E-state index contributed by atoms with van der Waals surface area (Å²) in [5.74, 6) is 0.551. The summed E-state index contributed by atoms with van der Waals surface area (Å²) in [5.41, 5.74) is 11.8. The third-order valence-electron chi connectivity index (χ3n) is 10.1. The third-order valence-corrected chi connectivity index (χ3v) is 11.5. The van der Waals surface area contributed by atoms with Gasteiger partial charge in [0.25, 0.3) is 0 Å². The first-order chi connectivity index (χ1) is 23.4. The number of halogens is 2. The van der Waals surface area contributed by atoms with Crippen LogP contribution in [0.4, 0.5) is 0 Å². The fraction of sp³-hybridized carbons (Fsp3) is 0.400. The molecule has 0 spiro atoms. The molecule has 282 valence electrons. The Morgan fingerprint density at radius 3 is 1.09 bits per heavy atom. The minimum absolute atomic E-state index is 0. The molecule has 1 aliphatic rings. The quantitative estimate of drug-likeness (QED) is 0.158. The Hall–Kier alpha value is -2.44. The monoisotopic (exact) mass is 822 g/mol. The third kappa shape index (κ3) is 12.3. The number of hydrogen-bond acceptors (Lipinski definition) is 0. The van der Waals surface area contributed by atoms with Gasteiger partial charge in [-0.3, -0.25) is 6.08 Å². The van der Waals surface area contributed by atoms with Gasteiger partial charge in [0.15, 0.2) is 0 Å². The predicted octanol–water partition coefficient (Wildman–Crippen LogP) is 8.04. The standard InChI is InChI=1S/C21H25.C21H26.C8H11.2ClH.Zr/c1-20(2,3)16-9-7-14-11-15-8-10-17(21(4,5)6)13-19(15)18(14)12-16;1-20(2,3)18-11-7-16(8-12-18)15-17-9-13-19(14-10-17)21(4,5)6;1-6-4-7(2)8(3)5-6;;;/h7-13H,1-6H3;7-14H,1-6H3;4,6H,1-3H3;2*1H;/q-1;;-1;;;+2/p-2. The fourth-order valence-corrected chi connectivity index (χ4v) is 7.19. The Morgan fingerprint density at radius 1 is 0.528 bits per heavy atom. The van der Waals surface area contributed by atoms with Crippen molar-refractivity contribution in [2.75, 3.05) is 0 Å². The van der Waals surface area contributed by atoms with Gasteiger partial charge < -0.3 is 24.8 Å². The van der Waals surface area contributed by atoms with Crippen molar-refractivity contribution in [3.63, 3.8) is 0 Å². The molecular formula is C50H62Cl2Zr-2. The SMILES string of the molecule is CC(C)(C)c1ccc([C](=[Zr+2])c2ccc(C(C)(C)C)cc2)cc1.CC(C)(C)c1ccc2[cH-]c3ccc(C(C)(C)C)cc3c2c1.CC1=[C-]C(C)C=C1C.[Cl-].[Cl-]. The molecule has 0 bridgehead atoms. The number of fused-ring (bicyclic) bond motifs is 3. The zero-order valence-corrected chi connectivity index (χ0v) is 39.0. The molecule has 0 saturated carbocycles. The zero-order chi connectivity index (χ0) is 38.1. The van der Waals surface area contributed by atoms with Crippen molar-refractivity contribution in [2.24, 2.45) is 5.92 Å². The molecule has 3 heteroatoms. The molecule has 6 rings (SSSR count). The molecule has 0 aromatic heterocycles. The van der Waals surface area contributed by atoms with E-state index < -0.39 is 0 Å². The molecule has 0 saturated heterocycles. The molecule has 1 atom stereocenters. The van der Waals surface area contributed by atoms with E-state index in [9.17, 15) is 0 Å². The molecule has 0 heterocycles. The van der Waals surface area contributed by atoms with Gasteiger partial charge in [-0.25, -0.2) is 11.1 Å². The van der Waals surface area contributed by atoms with Crippen LogP contribution >= 0.6 is 0 Å². The van der Waals surface area contributed by atoms with Crippen LogP contribution < -0.4 is 24.8 Å². The molecule has 0 nitrogen and oxygen atoms in total. The normalized spacial score (nSPS) is 14.5. The van der Waals surface area contributed by atoms with Crippen LogP contribution in [0.15, 0.2) is 108 Å². The number of benzene rings is 4. The summed E-state index contributed by atoms with van der Waals surface area (Å²) >= 11 is 1.46. The summed E-state index contributed by atoms with van der Waals surface area (Å²) < 4.78 is 1.42. The second-order valence-electron chi connectivity index (χ2n) is 18.7. The molecule has 5 aromatic rings. The summed E-state index contributed by atoms with van der Waals surface area (Å²) in [4.78, 5) is 0. The van der Waals surface area contributed by atoms with Gasteiger partial charge in [0.2, 0.25) is 0 Å². The molecule has 53 heavy (non-hydrogen) atoms. The van der Waals surface area contributed by atoms with Crippen molar-refractivity contribution in [3.05, 3.63) is 148 Å². The Labute approximate surface area is 350 Å². The van der Waals surface area contributed by atoms with Gasteiger partial charge in [0.05, 0.1) is 0 Å². The first-order valence-electron chi connectivity index (χ1n) is 18.7. The van der Waals surface area contributed by atoms with Gasteiger partial charge in [0.1, 0.15) is 0 Å². The van der Waals surface area contributed by atoms with Crippen LogP contribution in [-0.4, -0.2) is 3.21 Å². The number of allylic oxidation sites excluding steroid dienone is 4. The minimum atomic E-state index is 0. The van der Waals surface area contributed by atoms with E-state index in [4.69, 9.17) is 0 Å². The summed E-state index contributed by atoms with van der Waals surface area (Å²) in [6, 6.07) is 34.3. The molecule has 1 unspecified atom stereocenters. The van der Waals surface area contributed by atoms with Crippen molar-refractivity contribution in [3.8, 4) is 0 Å². The average molecular weight is 825 g/mol. The second kappa shape index (κ2) is 18.0. The molecule has 0 N–H and O–H groups in total. The van der Waals surface area contributed by atoms with Crippen LogP contribution in [0.3, 0.4) is 0 Å². The number of hydrogen-bond donors (Lipinski definition) is 0. The van der Waals surface area contributed by atoms with E-state index in [1.165, 1.54) is 93.5 Å².